The zero-order chi connectivity index (χ0) is 21.4. The van der Waals surface area contributed by atoms with Crippen LogP contribution in [0.5, 0.6) is 28.7 Å². The second-order valence-electron chi connectivity index (χ2n) is 7.65. The van der Waals surface area contributed by atoms with Gasteiger partial charge in [-0.2, -0.15) is 5.43 Å². The van der Waals surface area contributed by atoms with Crippen molar-refractivity contribution in [3.63, 3.8) is 0 Å². The molecule has 0 saturated heterocycles. The largest absolute Gasteiger partial charge is 0.504 e. The van der Waals surface area contributed by atoms with Crippen molar-refractivity contribution in [3.05, 3.63) is 71.8 Å². The minimum absolute atomic E-state index is 0.0397. The van der Waals surface area contributed by atoms with Gasteiger partial charge in [0.2, 0.25) is 6.79 Å². The lowest BCUT2D eigenvalue weighted by Gasteiger charge is -2.39. The molecule has 3 N–H and O–H groups in total. The van der Waals surface area contributed by atoms with Gasteiger partial charge in [0.1, 0.15) is 5.75 Å². The Balaban J connectivity index is 1.55. The van der Waals surface area contributed by atoms with Crippen LogP contribution in [0.2, 0.25) is 0 Å². The van der Waals surface area contributed by atoms with Crippen LogP contribution in [0.15, 0.2) is 60.7 Å². The lowest BCUT2D eigenvalue weighted by Crippen LogP contribution is -2.47. The quantitative estimate of drug-likeness (QED) is 0.533. The fraction of sp³-hybridized carbons (Fsp3) is 0.250. The molecule has 0 fully saturated rings. The standard InChI is InChI=1S/C24H24N2O5/c1-14-22(16-9-6-10-18(28-2)23(16)27)17-11-20-21(30-13-29-20)12-19(17)31-24(14)26-25-15-7-4-3-5-8-15/h3-12,14,22,24-27H,13H2,1-2H3/t14-,22-,24+/m1/s1. The molecule has 0 unspecified atom stereocenters. The molecule has 3 aromatic rings. The Labute approximate surface area is 180 Å². The van der Waals surface area contributed by atoms with Crippen LogP contribution in [-0.4, -0.2) is 25.2 Å². The Morgan fingerprint density at radius 2 is 1.71 bits per heavy atom. The maximum absolute atomic E-state index is 10.9. The summed E-state index contributed by atoms with van der Waals surface area (Å²) in [7, 11) is 1.55. The second kappa shape index (κ2) is 7.92. The van der Waals surface area contributed by atoms with Gasteiger partial charge < -0.3 is 29.5 Å². The van der Waals surface area contributed by atoms with Crippen LogP contribution in [0.25, 0.3) is 0 Å². The number of rotatable bonds is 5. The van der Waals surface area contributed by atoms with E-state index in [9.17, 15) is 5.11 Å². The van der Waals surface area contributed by atoms with Crippen molar-refractivity contribution in [1.82, 2.24) is 5.43 Å². The molecule has 2 aliphatic heterocycles. The molecule has 7 heteroatoms. The highest BCUT2D eigenvalue weighted by atomic mass is 16.7. The number of para-hydroxylation sites is 2. The summed E-state index contributed by atoms with van der Waals surface area (Å²) in [4.78, 5) is 0. The van der Waals surface area contributed by atoms with E-state index in [1.807, 2.05) is 54.6 Å². The van der Waals surface area contributed by atoms with Crippen LogP contribution in [0.1, 0.15) is 24.0 Å². The first kappa shape index (κ1) is 19.4. The molecule has 0 aliphatic carbocycles. The number of benzene rings is 3. The predicted molar refractivity (Wildman–Crippen MR) is 116 cm³/mol. The van der Waals surface area contributed by atoms with Gasteiger partial charge in [0, 0.05) is 34.7 Å². The van der Waals surface area contributed by atoms with E-state index in [4.69, 9.17) is 18.9 Å². The van der Waals surface area contributed by atoms with Gasteiger partial charge in [0.05, 0.1) is 7.11 Å². The highest BCUT2D eigenvalue weighted by molar-refractivity contribution is 5.59. The molecule has 2 heterocycles. The molecule has 7 nitrogen and oxygen atoms in total. The van der Waals surface area contributed by atoms with Gasteiger partial charge in [0.15, 0.2) is 29.2 Å². The first-order chi connectivity index (χ1) is 15.2. The number of hydrogen-bond donors (Lipinski definition) is 3. The van der Waals surface area contributed by atoms with Crippen molar-refractivity contribution in [2.24, 2.45) is 5.92 Å². The molecule has 0 radical (unpaired) electrons. The number of fused-ring (bicyclic) bond motifs is 2. The second-order valence-corrected chi connectivity index (χ2v) is 7.65. The van der Waals surface area contributed by atoms with Gasteiger partial charge in [-0.1, -0.05) is 37.3 Å². The summed E-state index contributed by atoms with van der Waals surface area (Å²) in [5, 5.41) is 10.9. The van der Waals surface area contributed by atoms with E-state index in [1.165, 1.54) is 0 Å². The molecule has 3 atom stereocenters. The third-order valence-electron chi connectivity index (χ3n) is 5.82. The van der Waals surface area contributed by atoms with Crippen LogP contribution in [0, 0.1) is 5.92 Å². The van der Waals surface area contributed by atoms with Crippen LogP contribution in [0.4, 0.5) is 5.69 Å². The topological polar surface area (TPSA) is 81.2 Å². The summed E-state index contributed by atoms with van der Waals surface area (Å²) in [5.74, 6) is 2.37. The Hall–Kier alpha value is -3.58. The Kier molecular flexibility index (Phi) is 4.95. The SMILES string of the molecule is COc1cccc([C@@H]2c3cc4c(cc3O[C@H](NNc3ccccc3)[C@@H]2C)OCO4)c1O. The lowest BCUT2D eigenvalue weighted by atomic mass is 9.78. The van der Waals surface area contributed by atoms with Gasteiger partial charge in [-0.05, 0) is 24.3 Å². The number of methoxy groups -OCH3 is 1. The average molecular weight is 420 g/mol. The fourth-order valence-electron chi connectivity index (χ4n) is 4.23. The fourth-order valence-corrected chi connectivity index (χ4v) is 4.23. The van der Waals surface area contributed by atoms with Crippen LogP contribution >= 0.6 is 0 Å². The maximum Gasteiger partial charge on any atom is 0.231 e. The third-order valence-corrected chi connectivity index (χ3v) is 5.82. The van der Waals surface area contributed by atoms with Crippen molar-refractivity contribution >= 4 is 5.69 Å². The Morgan fingerprint density at radius 3 is 2.48 bits per heavy atom. The normalized spacial score (nSPS) is 21.2. The van der Waals surface area contributed by atoms with Crippen molar-refractivity contribution in [3.8, 4) is 28.7 Å². The van der Waals surface area contributed by atoms with Crippen molar-refractivity contribution in [2.45, 2.75) is 19.1 Å². The molecule has 5 rings (SSSR count). The van der Waals surface area contributed by atoms with E-state index < -0.39 is 0 Å². The molecule has 0 aromatic heterocycles. The molecular formula is C24H24N2O5. The summed E-state index contributed by atoms with van der Waals surface area (Å²) in [6.07, 6.45) is -0.372. The average Bonchev–Trinajstić information content (AvgIpc) is 3.25. The number of hydrazine groups is 1. The first-order valence-corrected chi connectivity index (χ1v) is 10.2. The van der Waals surface area contributed by atoms with E-state index in [-0.39, 0.29) is 30.6 Å². The maximum atomic E-state index is 10.9. The van der Waals surface area contributed by atoms with Gasteiger partial charge >= 0.3 is 0 Å². The highest BCUT2D eigenvalue weighted by Crippen LogP contribution is 2.51. The number of anilines is 1. The lowest BCUT2D eigenvalue weighted by molar-refractivity contribution is 0.0857. The molecule has 31 heavy (non-hydrogen) atoms. The van der Waals surface area contributed by atoms with Gasteiger partial charge in [-0.25, -0.2) is 0 Å². The number of hydrogen-bond acceptors (Lipinski definition) is 7. The van der Waals surface area contributed by atoms with E-state index in [2.05, 4.69) is 17.8 Å². The molecule has 3 aromatic carbocycles. The smallest absolute Gasteiger partial charge is 0.231 e. The van der Waals surface area contributed by atoms with E-state index in [1.54, 1.807) is 13.2 Å². The van der Waals surface area contributed by atoms with Crippen molar-refractivity contribution < 1.29 is 24.1 Å². The zero-order valence-electron chi connectivity index (χ0n) is 17.3. The number of phenolic OH excluding ortho intramolecular Hbond substituents is 1. The number of aromatic hydroxyl groups is 1. The molecule has 2 aliphatic rings. The minimum atomic E-state index is -0.372. The Bertz CT molecular complexity index is 1090. The zero-order valence-corrected chi connectivity index (χ0v) is 17.3. The van der Waals surface area contributed by atoms with E-state index in [0.717, 1.165) is 16.8 Å². The van der Waals surface area contributed by atoms with E-state index >= 15 is 0 Å². The van der Waals surface area contributed by atoms with Crippen LogP contribution in [0.3, 0.4) is 0 Å². The van der Waals surface area contributed by atoms with Crippen molar-refractivity contribution in [2.75, 3.05) is 19.3 Å². The monoisotopic (exact) mass is 420 g/mol. The van der Waals surface area contributed by atoms with Gasteiger partial charge in [-0.3, -0.25) is 0 Å². The number of ether oxygens (including phenoxy) is 4. The van der Waals surface area contributed by atoms with Crippen LogP contribution < -0.4 is 29.8 Å². The first-order valence-electron chi connectivity index (χ1n) is 10.2. The van der Waals surface area contributed by atoms with E-state index in [0.29, 0.717) is 23.0 Å². The molecule has 160 valence electrons. The summed E-state index contributed by atoms with van der Waals surface area (Å²) in [6.45, 7) is 2.27. The number of nitrogens with one attached hydrogen (secondary N) is 2. The summed E-state index contributed by atoms with van der Waals surface area (Å²) >= 11 is 0. The molecule has 0 amide bonds. The summed E-state index contributed by atoms with van der Waals surface area (Å²) in [6, 6.07) is 19.2. The van der Waals surface area contributed by atoms with Gasteiger partial charge in [0.25, 0.3) is 0 Å². The molecule has 0 spiro atoms. The minimum Gasteiger partial charge on any atom is -0.504 e. The highest BCUT2D eigenvalue weighted by Gasteiger charge is 2.39. The Morgan fingerprint density at radius 1 is 0.935 bits per heavy atom. The van der Waals surface area contributed by atoms with Crippen molar-refractivity contribution in [1.29, 1.82) is 0 Å². The molecule has 0 saturated carbocycles. The third kappa shape index (κ3) is 3.47. The number of phenols is 1. The summed E-state index contributed by atoms with van der Waals surface area (Å²) < 4.78 is 22.8. The summed E-state index contributed by atoms with van der Waals surface area (Å²) in [5.41, 5.74) is 9.13. The molecule has 0 bridgehead atoms. The van der Waals surface area contributed by atoms with Gasteiger partial charge in [-0.15, -0.1) is 0 Å². The predicted octanol–water partition coefficient (Wildman–Crippen LogP) is 4.23. The van der Waals surface area contributed by atoms with Crippen LogP contribution in [-0.2, 0) is 0 Å². The molecular weight excluding hydrogens is 396 g/mol.